The average Bonchev–Trinajstić information content (AvgIpc) is 2.67. The van der Waals surface area contributed by atoms with Crippen LogP contribution in [0.25, 0.3) is 0 Å². The Morgan fingerprint density at radius 3 is 2.78 bits per heavy atom. The smallest absolute Gasteiger partial charge is 0.255 e. The largest absolute Gasteiger partial charge is 0.484 e. The summed E-state index contributed by atoms with van der Waals surface area (Å²) in [6.07, 6.45) is 4.57. The maximum absolute atomic E-state index is 13.0. The van der Waals surface area contributed by atoms with Crippen LogP contribution in [0, 0.1) is 11.7 Å². The van der Waals surface area contributed by atoms with Gasteiger partial charge < -0.3 is 10.5 Å². The highest BCUT2D eigenvalue weighted by Crippen LogP contribution is 2.24. The SMILES string of the molecule is NC(=O)COc1cccc(CN2CCCC(CCc3ccc(F)cc3)C2)c1. The summed E-state index contributed by atoms with van der Waals surface area (Å²) in [5, 5.41) is 0. The highest BCUT2D eigenvalue weighted by molar-refractivity contribution is 5.75. The van der Waals surface area contributed by atoms with E-state index >= 15 is 0 Å². The molecule has 1 amide bonds. The molecule has 4 nitrogen and oxygen atoms in total. The van der Waals surface area contributed by atoms with Crippen LogP contribution >= 0.6 is 0 Å². The maximum Gasteiger partial charge on any atom is 0.255 e. The number of benzene rings is 2. The van der Waals surface area contributed by atoms with Gasteiger partial charge in [-0.3, -0.25) is 9.69 Å². The van der Waals surface area contributed by atoms with Gasteiger partial charge in [0.05, 0.1) is 0 Å². The Morgan fingerprint density at radius 2 is 2.00 bits per heavy atom. The fourth-order valence-corrected chi connectivity index (χ4v) is 3.70. The summed E-state index contributed by atoms with van der Waals surface area (Å²) in [5.74, 6) is 0.694. The van der Waals surface area contributed by atoms with Crippen molar-refractivity contribution in [3.05, 3.63) is 65.5 Å². The molecule has 3 rings (SSSR count). The van der Waals surface area contributed by atoms with Crippen molar-refractivity contribution in [2.75, 3.05) is 19.7 Å². The van der Waals surface area contributed by atoms with Gasteiger partial charge in [-0.15, -0.1) is 0 Å². The molecule has 2 aromatic carbocycles. The zero-order valence-corrected chi connectivity index (χ0v) is 15.6. The number of nitrogens with two attached hydrogens (primary N) is 1. The number of hydrogen-bond donors (Lipinski definition) is 1. The number of primary amides is 1. The Kier molecular flexibility index (Phi) is 6.82. The predicted molar refractivity (Wildman–Crippen MR) is 104 cm³/mol. The van der Waals surface area contributed by atoms with Crippen LogP contribution in [0.3, 0.4) is 0 Å². The van der Waals surface area contributed by atoms with Crippen molar-refractivity contribution in [3.8, 4) is 5.75 Å². The lowest BCUT2D eigenvalue weighted by atomic mass is 9.91. The molecule has 2 N–H and O–H groups in total. The fraction of sp³-hybridized carbons (Fsp3) is 0.409. The zero-order chi connectivity index (χ0) is 19.1. The predicted octanol–water partition coefficient (Wildman–Crippen LogP) is 3.53. The van der Waals surface area contributed by atoms with E-state index in [0.29, 0.717) is 11.7 Å². The van der Waals surface area contributed by atoms with E-state index in [1.807, 2.05) is 30.3 Å². The van der Waals surface area contributed by atoms with Crippen LogP contribution in [0.2, 0.25) is 0 Å². The molecule has 1 fully saturated rings. The van der Waals surface area contributed by atoms with Crippen LogP contribution in [-0.2, 0) is 17.8 Å². The molecule has 1 unspecified atom stereocenters. The van der Waals surface area contributed by atoms with Gasteiger partial charge in [-0.1, -0.05) is 24.3 Å². The number of piperidine rings is 1. The van der Waals surface area contributed by atoms with E-state index in [-0.39, 0.29) is 12.4 Å². The summed E-state index contributed by atoms with van der Waals surface area (Å²) in [7, 11) is 0. The molecule has 0 spiro atoms. The average molecular weight is 370 g/mol. The molecular formula is C22H27FN2O2. The molecule has 5 heteroatoms. The van der Waals surface area contributed by atoms with Crippen molar-refractivity contribution in [1.82, 2.24) is 4.90 Å². The fourth-order valence-electron chi connectivity index (χ4n) is 3.70. The quantitative estimate of drug-likeness (QED) is 0.773. The number of amides is 1. The second-order valence-corrected chi connectivity index (χ2v) is 7.31. The number of carbonyl (C=O) groups excluding carboxylic acids is 1. The lowest BCUT2D eigenvalue weighted by Crippen LogP contribution is -2.35. The third-order valence-corrected chi connectivity index (χ3v) is 5.04. The molecule has 1 atom stereocenters. The van der Waals surface area contributed by atoms with Gasteiger partial charge in [0, 0.05) is 13.1 Å². The van der Waals surface area contributed by atoms with Gasteiger partial charge in [0.1, 0.15) is 11.6 Å². The van der Waals surface area contributed by atoms with E-state index in [0.717, 1.165) is 32.5 Å². The summed E-state index contributed by atoms with van der Waals surface area (Å²) in [4.78, 5) is 13.3. The van der Waals surface area contributed by atoms with Gasteiger partial charge in [-0.25, -0.2) is 4.39 Å². The van der Waals surface area contributed by atoms with E-state index in [9.17, 15) is 9.18 Å². The molecule has 144 valence electrons. The molecule has 0 bridgehead atoms. The Labute approximate surface area is 160 Å². The van der Waals surface area contributed by atoms with Crippen molar-refractivity contribution in [2.24, 2.45) is 11.7 Å². The Hall–Kier alpha value is -2.40. The molecule has 1 saturated heterocycles. The second kappa shape index (κ2) is 9.51. The third kappa shape index (κ3) is 6.36. The molecule has 0 aromatic heterocycles. The first-order chi connectivity index (χ1) is 13.1. The van der Waals surface area contributed by atoms with Crippen LogP contribution < -0.4 is 10.5 Å². The van der Waals surface area contributed by atoms with Crippen molar-refractivity contribution < 1.29 is 13.9 Å². The highest BCUT2D eigenvalue weighted by Gasteiger charge is 2.20. The number of ether oxygens (including phenoxy) is 1. The molecule has 2 aromatic rings. The number of carbonyl (C=O) groups is 1. The van der Waals surface area contributed by atoms with Gasteiger partial charge in [0.25, 0.3) is 5.91 Å². The van der Waals surface area contributed by atoms with Gasteiger partial charge in [0.2, 0.25) is 0 Å². The second-order valence-electron chi connectivity index (χ2n) is 7.31. The number of aryl methyl sites for hydroxylation is 1. The zero-order valence-electron chi connectivity index (χ0n) is 15.6. The van der Waals surface area contributed by atoms with Crippen LogP contribution in [0.15, 0.2) is 48.5 Å². The summed E-state index contributed by atoms with van der Waals surface area (Å²) in [5.41, 5.74) is 7.51. The molecule has 27 heavy (non-hydrogen) atoms. The molecule has 0 aliphatic carbocycles. The summed E-state index contributed by atoms with van der Waals surface area (Å²) in [6.45, 7) is 2.95. The number of likely N-dealkylation sites (tertiary alicyclic amines) is 1. The van der Waals surface area contributed by atoms with E-state index < -0.39 is 5.91 Å². The first kappa shape index (κ1) is 19.4. The third-order valence-electron chi connectivity index (χ3n) is 5.04. The number of hydrogen-bond acceptors (Lipinski definition) is 3. The Morgan fingerprint density at radius 1 is 1.19 bits per heavy atom. The topological polar surface area (TPSA) is 55.6 Å². The molecular weight excluding hydrogens is 343 g/mol. The minimum Gasteiger partial charge on any atom is -0.484 e. The normalized spacial score (nSPS) is 17.6. The first-order valence-corrected chi connectivity index (χ1v) is 9.55. The van der Waals surface area contributed by atoms with Crippen LogP contribution in [0.4, 0.5) is 4.39 Å². The van der Waals surface area contributed by atoms with Crippen LogP contribution in [0.1, 0.15) is 30.4 Å². The lowest BCUT2D eigenvalue weighted by molar-refractivity contribution is -0.119. The summed E-state index contributed by atoms with van der Waals surface area (Å²) in [6, 6.07) is 14.7. The molecule has 1 heterocycles. The summed E-state index contributed by atoms with van der Waals surface area (Å²) < 4.78 is 18.4. The van der Waals surface area contributed by atoms with E-state index in [1.165, 1.54) is 36.1 Å². The Bertz CT molecular complexity index is 748. The van der Waals surface area contributed by atoms with E-state index in [2.05, 4.69) is 11.0 Å². The van der Waals surface area contributed by atoms with E-state index in [1.54, 1.807) is 0 Å². The summed E-state index contributed by atoms with van der Waals surface area (Å²) >= 11 is 0. The van der Waals surface area contributed by atoms with Gasteiger partial charge in [-0.05, 0) is 73.5 Å². The molecule has 0 saturated carbocycles. The minimum atomic E-state index is -0.472. The molecule has 0 radical (unpaired) electrons. The molecule has 1 aliphatic heterocycles. The highest BCUT2D eigenvalue weighted by atomic mass is 19.1. The van der Waals surface area contributed by atoms with Gasteiger partial charge in [-0.2, -0.15) is 0 Å². The van der Waals surface area contributed by atoms with Crippen molar-refractivity contribution in [2.45, 2.75) is 32.2 Å². The van der Waals surface area contributed by atoms with E-state index in [4.69, 9.17) is 10.5 Å². The standard InChI is InChI=1S/C22H27FN2O2/c23-20-10-8-17(9-11-20)6-7-18-4-2-12-25(14-18)15-19-3-1-5-21(13-19)27-16-22(24)26/h1,3,5,8-11,13,18H,2,4,6-7,12,14-16H2,(H2,24,26). The maximum atomic E-state index is 13.0. The lowest BCUT2D eigenvalue weighted by Gasteiger charge is -2.33. The van der Waals surface area contributed by atoms with Gasteiger partial charge >= 0.3 is 0 Å². The number of halogens is 1. The number of nitrogens with zero attached hydrogens (tertiary/aromatic N) is 1. The van der Waals surface area contributed by atoms with Crippen LogP contribution in [-0.4, -0.2) is 30.5 Å². The van der Waals surface area contributed by atoms with Gasteiger partial charge in [0.15, 0.2) is 6.61 Å². The Balaban J connectivity index is 1.50. The van der Waals surface area contributed by atoms with Crippen molar-refractivity contribution >= 4 is 5.91 Å². The van der Waals surface area contributed by atoms with Crippen molar-refractivity contribution in [3.63, 3.8) is 0 Å². The number of rotatable bonds is 8. The van der Waals surface area contributed by atoms with Crippen molar-refractivity contribution in [1.29, 1.82) is 0 Å². The molecule has 1 aliphatic rings. The first-order valence-electron chi connectivity index (χ1n) is 9.55. The monoisotopic (exact) mass is 370 g/mol. The van der Waals surface area contributed by atoms with Crippen LogP contribution in [0.5, 0.6) is 5.75 Å². The minimum absolute atomic E-state index is 0.0986.